The van der Waals surface area contributed by atoms with Crippen molar-refractivity contribution in [3.8, 4) is 5.75 Å². The second-order valence-electron chi connectivity index (χ2n) is 5.10. The van der Waals surface area contributed by atoms with E-state index >= 15 is 0 Å². The molecule has 0 heterocycles. The zero-order valence-corrected chi connectivity index (χ0v) is 13.3. The van der Waals surface area contributed by atoms with Gasteiger partial charge in [0.05, 0.1) is 6.61 Å². The lowest BCUT2D eigenvalue weighted by atomic mass is 9.96. The Morgan fingerprint density at radius 2 is 1.61 bits per heavy atom. The summed E-state index contributed by atoms with van der Waals surface area (Å²) >= 11 is 0. The highest BCUT2D eigenvalue weighted by Crippen LogP contribution is 2.26. The minimum Gasteiger partial charge on any atom is -0.494 e. The summed E-state index contributed by atoms with van der Waals surface area (Å²) in [7, 11) is 0. The van der Waals surface area contributed by atoms with Gasteiger partial charge in [-0.25, -0.2) is 4.79 Å². The average Bonchev–Trinajstić information content (AvgIpc) is 2.54. The summed E-state index contributed by atoms with van der Waals surface area (Å²) < 4.78 is 5.46. The van der Waals surface area contributed by atoms with E-state index in [1.807, 2.05) is 68.5 Å². The second-order valence-corrected chi connectivity index (χ2v) is 5.10. The van der Waals surface area contributed by atoms with E-state index in [-0.39, 0.29) is 0 Å². The van der Waals surface area contributed by atoms with E-state index in [4.69, 9.17) is 9.84 Å². The molecule has 0 radical (unpaired) electrons. The predicted octanol–water partition coefficient (Wildman–Crippen LogP) is 4.47. The lowest BCUT2D eigenvalue weighted by Gasteiger charge is -2.10. The van der Waals surface area contributed by atoms with Crippen molar-refractivity contribution in [2.75, 3.05) is 6.61 Å². The molecular weight excluding hydrogens is 288 g/mol. The van der Waals surface area contributed by atoms with E-state index in [0.717, 1.165) is 28.5 Å². The molecule has 0 aliphatic heterocycles. The number of aliphatic carboxylic acids is 1. The Bertz CT molecular complexity index is 708. The van der Waals surface area contributed by atoms with Crippen molar-refractivity contribution in [1.29, 1.82) is 0 Å². The molecule has 2 rings (SSSR count). The molecule has 0 aromatic heterocycles. The molecule has 1 N–H and O–H groups in total. The minimum absolute atomic E-state index is 0.626. The molecule has 0 aliphatic carbocycles. The van der Waals surface area contributed by atoms with E-state index in [0.29, 0.717) is 6.61 Å². The fourth-order valence-corrected chi connectivity index (χ4v) is 2.22. The number of ether oxygens (including phenoxy) is 1. The van der Waals surface area contributed by atoms with Gasteiger partial charge in [0.25, 0.3) is 0 Å². The van der Waals surface area contributed by atoms with Gasteiger partial charge in [0, 0.05) is 6.08 Å². The van der Waals surface area contributed by atoms with Crippen LogP contribution in [0.5, 0.6) is 5.75 Å². The largest absolute Gasteiger partial charge is 0.494 e. The van der Waals surface area contributed by atoms with Crippen LogP contribution >= 0.6 is 0 Å². The highest BCUT2D eigenvalue weighted by Gasteiger charge is 2.05. The topological polar surface area (TPSA) is 46.5 Å². The monoisotopic (exact) mass is 308 g/mol. The Balaban J connectivity index is 2.40. The number of benzene rings is 2. The van der Waals surface area contributed by atoms with E-state index in [1.165, 1.54) is 5.56 Å². The molecular formula is C20H20O3. The lowest BCUT2D eigenvalue weighted by molar-refractivity contribution is -0.131. The first-order chi connectivity index (χ1) is 11.1. The maximum Gasteiger partial charge on any atom is 0.328 e. The van der Waals surface area contributed by atoms with Gasteiger partial charge < -0.3 is 9.84 Å². The molecule has 0 bridgehead atoms. The van der Waals surface area contributed by atoms with E-state index < -0.39 is 5.97 Å². The van der Waals surface area contributed by atoms with Gasteiger partial charge in [-0.3, -0.25) is 0 Å². The first-order valence-corrected chi connectivity index (χ1v) is 7.51. The predicted molar refractivity (Wildman–Crippen MR) is 92.6 cm³/mol. The third-order valence-corrected chi connectivity index (χ3v) is 3.34. The third-order valence-electron chi connectivity index (χ3n) is 3.34. The molecule has 2 aromatic rings. The zero-order chi connectivity index (χ0) is 16.7. The standard InChI is InChI=1S/C20H20O3/c1-3-23-18-13-11-17(12-14-18)19(5-4-6-20(21)22)16-9-7-15(2)8-10-16/h4-14H,3H2,1-2H3,(H,21,22). The van der Waals surface area contributed by atoms with Gasteiger partial charge in [0.2, 0.25) is 0 Å². The molecule has 0 unspecified atom stereocenters. The number of carboxylic acid groups (broad SMARTS) is 1. The first-order valence-electron chi connectivity index (χ1n) is 7.51. The number of hydrogen-bond acceptors (Lipinski definition) is 2. The Kier molecular flexibility index (Phi) is 5.75. The van der Waals surface area contributed by atoms with Crippen molar-refractivity contribution < 1.29 is 14.6 Å². The molecule has 0 spiro atoms. The van der Waals surface area contributed by atoms with Gasteiger partial charge in [-0.2, -0.15) is 0 Å². The smallest absolute Gasteiger partial charge is 0.328 e. The number of carboxylic acids is 1. The molecule has 0 saturated carbocycles. The minimum atomic E-state index is -0.962. The Hall–Kier alpha value is -2.81. The summed E-state index contributed by atoms with van der Waals surface area (Å²) in [5.74, 6) is -0.142. The molecule has 0 saturated heterocycles. The number of rotatable bonds is 6. The quantitative estimate of drug-likeness (QED) is 0.633. The van der Waals surface area contributed by atoms with Crippen LogP contribution in [0, 0.1) is 6.92 Å². The van der Waals surface area contributed by atoms with Gasteiger partial charge >= 0.3 is 5.97 Å². The molecule has 23 heavy (non-hydrogen) atoms. The summed E-state index contributed by atoms with van der Waals surface area (Å²) in [5, 5.41) is 8.77. The van der Waals surface area contributed by atoms with Crippen LogP contribution in [0.4, 0.5) is 0 Å². The first kappa shape index (κ1) is 16.6. The molecule has 0 amide bonds. The molecule has 3 nitrogen and oxygen atoms in total. The number of hydrogen-bond donors (Lipinski definition) is 1. The summed E-state index contributed by atoms with van der Waals surface area (Å²) in [5.41, 5.74) is 4.19. The molecule has 0 atom stereocenters. The number of aryl methyl sites for hydroxylation is 1. The van der Waals surface area contributed by atoms with Gasteiger partial charge in [0.15, 0.2) is 0 Å². The Labute approximate surface area is 136 Å². The third kappa shape index (κ3) is 4.85. The van der Waals surface area contributed by atoms with Crippen molar-refractivity contribution in [3.63, 3.8) is 0 Å². The summed E-state index contributed by atoms with van der Waals surface area (Å²) in [6.45, 7) is 4.61. The van der Waals surface area contributed by atoms with Gasteiger partial charge in [0.1, 0.15) is 5.75 Å². The van der Waals surface area contributed by atoms with Crippen molar-refractivity contribution in [3.05, 3.63) is 83.4 Å². The van der Waals surface area contributed by atoms with Gasteiger partial charge in [-0.1, -0.05) is 54.1 Å². The van der Waals surface area contributed by atoms with Crippen LogP contribution in [0.1, 0.15) is 23.6 Å². The fourth-order valence-electron chi connectivity index (χ4n) is 2.22. The highest BCUT2D eigenvalue weighted by molar-refractivity contribution is 5.84. The van der Waals surface area contributed by atoms with E-state index in [2.05, 4.69) is 0 Å². The van der Waals surface area contributed by atoms with Crippen molar-refractivity contribution >= 4 is 11.5 Å². The normalized spacial score (nSPS) is 11.7. The Morgan fingerprint density at radius 3 is 2.13 bits per heavy atom. The molecule has 0 fully saturated rings. The Morgan fingerprint density at radius 1 is 1.04 bits per heavy atom. The van der Waals surface area contributed by atoms with Crippen LogP contribution in [-0.2, 0) is 4.79 Å². The van der Waals surface area contributed by atoms with E-state index in [1.54, 1.807) is 6.08 Å². The van der Waals surface area contributed by atoms with Gasteiger partial charge in [-0.05, 0) is 42.7 Å². The van der Waals surface area contributed by atoms with E-state index in [9.17, 15) is 4.79 Å². The summed E-state index contributed by atoms with van der Waals surface area (Å²) in [4.78, 5) is 10.7. The summed E-state index contributed by atoms with van der Waals surface area (Å²) in [6, 6.07) is 15.9. The average molecular weight is 308 g/mol. The maximum atomic E-state index is 10.7. The van der Waals surface area contributed by atoms with Crippen molar-refractivity contribution in [1.82, 2.24) is 0 Å². The number of allylic oxidation sites excluding steroid dienone is 2. The molecule has 118 valence electrons. The van der Waals surface area contributed by atoms with Crippen LogP contribution in [0.15, 0.2) is 66.8 Å². The maximum absolute atomic E-state index is 10.7. The van der Waals surface area contributed by atoms with Crippen molar-refractivity contribution in [2.24, 2.45) is 0 Å². The van der Waals surface area contributed by atoms with Crippen LogP contribution in [0.25, 0.3) is 5.57 Å². The van der Waals surface area contributed by atoms with Crippen molar-refractivity contribution in [2.45, 2.75) is 13.8 Å². The zero-order valence-electron chi connectivity index (χ0n) is 13.3. The highest BCUT2D eigenvalue weighted by atomic mass is 16.5. The SMILES string of the molecule is CCOc1ccc(C(=CC=CC(=O)O)c2ccc(C)cc2)cc1. The molecule has 0 aliphatic rings. The lowest BCUT2D eigenvalue weighted by Crippen LogP contribution is -1.93. The van der Waals surface area contributed by atoms with Crippen LogP contribution in [0.2, 0.25) is 0 Å². The summed E-state index contributed by atoms with van der Waals surface area (Å²) in [6.07, 6.45) is 4.49. The molecule has 3 heteroatoms. The second kappa shape index (κ2) is 7.99. The van der Waals surface area contributed by atoms with Crippen LogP contribution < -0.4 is 4.74 Å². The van der Waals surface area contributed by atoms with Gasteiger partial charge in [-0.15, -0.1) is 0 Å². The van der Waals surface area contributed by atoms with Crippen LogP contribution in [-0.4, -0.2) is 17.7 Å². The number of carbonyl (C=O) groups is 1. The van der Waals surface area contributed by atoms with Crippen LogP contribution in [0.3, 0.4) is 0 Å². The fraction of sp³-hybridized carbons (Fsp3) is 0.150. The molecule has 2 aromatic carbocycles.